The highest BCUT2D eigenvalue weighted by molar-refractivity contribution is 5.80. The summed E-state index contributed by atoms with van der Waals surface area (Å²) in [6.07, 6.45) is 3.83. The van der Waals surface area contributed by atoms with Crippen molar-refractivity contribution >= 4 is 5.96 Å². The first-order valence-electron chi connectivity index (χ1n) is 11.2. The average Bonchev–Trinajstić information content (AvgIpc) is 2.76. The molecule has 0 amide bonds. The maximum atomic E-state index is 5.56. The number of rotatable bonds is 9. The zero-order chi connectivity index (χ0) is 20.3. The van der Waals surface area contributed by atoms with Crippen molar-refractivity contribution in [3.8, 4) is 0 Å². The summed E-state index contributed by atoms with van der Waals surface area (Å²) in [5.41, 5.74) is 1.43. The maximum Gasteiger partial charge on any atom is 0.194 e. The Bertz CT molecular complexity index is 610. The minimum atomic E-state index is 0.632. The lowest BCUT2D eigenvalue weighted by Gasteiger charge is -2.48. The van der Waals surface area contributed by atoms with Crippen LogP contribution in [0.2, 0.25) is 0 Å². The van der Waals surface area contributed by atoms with Crippen molar-refractivity contribution in [1.82, 2.24) is 15.1 Å². The lowest BCUT2D eigenvalue weighted by Crippen LogP contribution is -2.56. The number of aliphatic imine (C=N–C) groups is 1. The van der Waals surface area contributed by atoms with Gasteiger partial charge in [-0.15, -0.1) is 0 Å². The van der Waals surface area contributed by atoms with Crippen LogP contribution in [0.15, 0.2) is 35.3 Å². The molecule has 2 heterocycles. The molecule has 2 saturated heterocycles. The largest absolute Gasteiger partial charge is 0.382 e. The Morgan fingerprint density at radius 2 is 2.00 bits per heavy atom. The highest BCUT2D eigenvalue weighted by Gasteiger charge is 2.36. The summed E-state index contributed by atoms with van der Waals surface area (Å²) in [6.45, 7) is 10.1. The summed E-state index contributed by atoms with van der Waals surface area (Å²) in [5, 5.41) is 3.48. The van der Waals surface area contributed by atoms with Gasteiger partial charge in [-0.3, -0.25) is 9.89 Å². The van der Waals surface area contributed by atoms with Crippen molar-refractivity contribution in [2.45, 2.75) is 38.8 Å². The number of nitrogens with zero attached hydrogens (tertiary/aromatic N) is 3. The van der Waals surface area contributed by atoms with Crippen LogP contribution in [-0.2, 0) is 16.0 Å². The minimum Gasteiger partial charge on any atom is -0.382 e. The van der Waals surface area contributed by atoms with E-state index < -0.39 is 0 Å². The fraction of sp³-hybridized carbons (Fsp3) is 0.696. The SMILES string of the molecule is CCNC(=NCCOCCOC)N1CCC2C(CCCN2Cc2ccccc2)C1. The third-order valence-corrected chi connectivity index (χ3v) is 5.97. The molecule has 1 N–H and O–H groups in total. The lowest BCUT2D eigenvalue weighted by molar-refractivity contribution is 0.0371. The lowest BCUT2D eigenvalue weighted by atomic mass is 9.83. The van der Waals surface area contributed by atoms with E-state index in [0.717, 1.165) is 38.1 Å². The molecule has 2 unspecified atom stereocenters. The number of fused-ring (bicyclic) bond motifs is 1. The van der Waals surface area contributed by atoms with Gasteiger partial charge < -0.3 is 19.7 Å². The quantitative estimate of drug-likeness (QED) is 0.391. The summed E-state index contributed by atoms with van der Waals surface area (Å²) in [6, 6.07) is 11.6. The maximum absolute atomic E-state index is 5.56. The zero-order valence-electron chi connectivity index (χ0n) is 18.2. The van der Waals surface area contributed by atoms with Gasteiger partial charge in [-0.2, -0.15) is 0 Å². The molecule has 162 valence electrons. The molecule has 0 bridgehead atoms. The number of hydrogen-bond acceptors (Lipinski definition) is 4. The van der Waals surface area contributed by atoms with E-state index in [-0.39, 0.29) is 0 Å². The van der Waals surface area contributed by atoms with Crippen LogP contribution in [0.1, 0.15) is 31.7 Å². The summed E-state index contributed by atoms with van der Waals surface area (Å²) in [4.78, 5) is 9.99. The van der Waals surface area contributed by atoms with Crippen LogP contribution in [-0.4, -0.2) is 81.5 Å². The zero-order valence-corrected chi connectivity index (χ0v) is 18.2. The molecule has 0 spiro atoms. The van der Waals surface area contributed by atoms with Crippen LogP contribution in [0.5, 0.6) is 0 Å². The Morgan fingerprint density at radius 1 is 1.14 bits per heavy atom. The van der Waals surface area contributed by atoms with Gasteiger partial charge in [0.15, 0.2) is 5.96 Å². The molecule has 0 aliphatic carbocycles. The van der Waals surface area contributed by atoms with Gasteiger partial charge in [-0.1, -0.05) is 30.3 Å². The van der Waals surface area contributed by atoms with Gasteiger partial charge in [-0.25, -0.2) is 0 Å². The molecular formula is C23H38N4O2. The molecule has 0 aromatic heterocycles. The Hall–Kier alpha value is -1.63. The summed E-state index contributed by atoms with van der Waals surface area (Å²) >= 11 is 0. The number of hydrogen-bond donors (Lipinski definition) is 1. The Kier molecular flexibility index (Phi) is 9.25. The number of piperidine rings is 2. The first kappa shape index (κ1) is 22.1. The molecule has 1 aromatic carbocycles. The molecule has 2 aliphatic rings. The van der Waals surface area contributed by atoms with Gasteiger partial charge >= 0.3 is 0 Å². The molecular weight excluding hydrogens is 364 g/mol. The molecule has 2 fully saturated rings. The summed E-state index contributed by atoms with van der Waals surface area (Å²) in [5.74, 6) is 1.77. The molecule has 2 aliphatic heterocycles. The van der Waals surface area contributed by atoms with Gasteiger partial charge in [0, 0.05) is 39.3 Å². The van der Waals surface area contributed by atoms with E-state index in [2.05, 4.69) is 52.4 Å². The normalized spacial score (nSPS) is 23.1. The van der Waals surface area contributed by atoms with E-state index in [9.17, 15) is 0 Å². The Morgan fingerprint density at radius 3 is 2.79 bits per heavy atom. The van der Waals surface area contributed by atoms with Crippen LogP contribution in [0, 0.1) is 5.92 Å². The number of likely N-dealkylation sites (tertiary alicyclic amines) is 2. The predicted octanol–water partition coefficient (Wildman–Crippen LogP) is 2.60. The van der Waals surface area contributed by atoms with Crippen LogP contribution >= 0.6 is 0 Å². The van der Waals surface area contributed by atoms with Crippen molar-refractivity contribution in [3.05, 3.63) is 35.9 Å². The van der Waals surface area contributed by atoms with E-state index in [1.54, 1.807) is 7.11 Å². The molecule has 29 heavy (non-hydrogen) atoms. The summed E-state index contributed by atoms with van der Waals surface area (Å²) < 4.78 is 10.6. The molecule has 0 radical (unpaired) electrons. The van der Waals surface area contributed by atoms with Crippen LogP contribution in [0.25, 0.3) is 0 Å². The number of ether oxygens (including phenoxy) is 2. The highest BCUT2D eigenvalue weighted by Crippen LogP contribution is 2.31. The standard InChI is InChI=1S/C23H38N4O2/c1-3-24-23(25-12-15-29-17-16-28-2)27-14-11-22-21(19-27)10-7-13-26(22)18-20-8-5-4-6-9-20/h4-6,8-9,21-22H,3,7,10-19H2,1-2H3,(H,24,25). The fourth-order valence-corrected chi connectivity index (χ4v) is 4.60. The second-order valence-corrected chi connectivity index (χ2v) is 8.00. The van der Waals surface area contributed by atoms with Crippen molar-refractivity contribution in [2.75, 3.05) is 59.7 Å². The predicted molar refractivity (Wildman–Crippen MR) is 118 cm³/mol. The fourth-order valence-electron chi connectivity index (χ4n) is 4.60. The molecule has 2 atom stereocenters. The van der Waals surface area contributed by atoms with Crippen LogP contribution in [0.3, 0.4) is 0 Å². The molecule has 6 nitrogen and oxygen atoms in total. The molecule has 1 aromatic rings. The van der Waals surface area contributed by atoms with Gasteiger partial charge in [0.1, 0.15) is 0 Å². The topological polar surface area (TPSA) is 49.3 Å². The molecule has 3 rings (SSSR count). The Balaban J connectivity index is 1.53. The minimum absolute atomic E-state index is 0.632. The van der Waals surface area contributed by atoms with Crippen LogP contribution < -0.4 is 5.32 Å². The monoisotopic (exact) mass is 402 g/mol. The number of methoxy groups -OCH3 is 1. The van der Waals surface area contributed by atoms with E-state index in [0.29, 0.717) is 32.4 Å². The highest BCUT2D eigenvalue weighted by atomic mass is 16.5. The average molecular weight is 403 g/mol. The van der Waals surface area contributed by atoms with Gasteiger partial charge in [0.2, 0.25) is 0 Å². The summed E-state index contributed by atoms with van der Waals surface area (Å²) in [7, 11) is 1.70. The molecule has 0 saturated carbocycles. The second kappa shape index (κ2) is 12.2. The van der Waals surface area contributed by atoms with Crippen molar-refractivity contribution in [2.24, 2.45) is 10.9 Å². The smallest absolute Gasteiger partial charge is 0.194 e. The van der Waals surface area contributed by atoms with Crippen LogP contribution in [0.4, 0.5) is 0 Å². The van der Waals surface area contributed by atoms with Crippen molar-refractivity contribution < 1.29 is 9.47 Å². The number of nitrogens with one attached hydrogen (secondary N) is 1. The molecule has 6 heteroatoms. The van der Waals surface area contributed by atoms with Crippen molar-refractivity contribution in [1.29, 1.82) is 0 Å². The second-order valence-electron chi connectivity index (χ2n) is 8.00. The van der Waals surface area contributed by atoms with Gasteiger partial charge in [0.25, 0.3) is 0 Å². The third-order valence-electron chi connectivity index (χ3n) is 5.97. The number of guanidine groups is 1. The van der Waals surface area contributed by atoms with E-state index in [1.165, 1.54) is 31.4 Å². The van der Waals surface area contributed by atoms with Gasteiger partial charge in [0.05, 0.1) is 26.4 Å². The number of benzene rings is 1. The van der Waals surface area contributed by atoms with Crippen molar-refractivity contribution in [3.63, 3.8) is 0 Å². The Labute approximate surface area is 176 Å². The van der Waals surface area contributed by atoms with E-state index in [4.69, 9.17) is 14.5 Å². The van der Waals surface area contributed by atoms with E-state index in [1.807, 2.05) is 0 Å². The van der Waals surface area contributed by atoms with Gasteiger partial charge in [-0.05, 0) is 44.2 Å². The third kappa shape index (κ3) is 6.69. The first-order chi connectivity index (χ1) is 14.3. The first-order valence-corrected chi connectivity index (χ1v) is 11.2. The van der Waals surface area contributed by atoms with E-state index >= 15 is 0 Å².